The fourth-order valence-corrected chi connectivity index (χ4v) is 1.53. The number of benzene rings is 1. The zero-order valence-corrected chi connectivity index (χ0v) is 10.0. The molecule has 1 aromatic carbocycles. The summed E-state index contributed by atoms with van der Waals surface area (Å²) in [4.78, 5) is 12.1. The fraction of sp³-hybridized carbons (Fsp3) is 0.167. The molecule has 0 aliphatic rings. The average Bonchev–Trinajstić information content (AvgIpc) is 2.82. The average molecular weight is 266 g/mol. The Kier molecular flexibility index (Phi) is 3.65. The van der Waals surface area contributed by atoms with Crippen molar-refractivity contribution in [1.82, 2.24) is 9.94 Å². The minimum Gasteiger partial charge on any atom is -0.472 e. The van der Waals surface area contributed by atoms with E-state index in [9.17, 15) is 9.18 Å². The van der Waals surface area contributed by atoms with E-state index in [0.717, 1.165) is 0 Å². The highest BCUT2D eigenvalue weighted by atomic mass is 19.1. The molecule has 0 aliphatic heterocycles. The van der Waals surface area contributed by atoms with Gasteiger partial charge in [-0.1, -0.05) is 11.2 Å². The van der Waals surface area contributed by atoms with Crippen LogP contribution >= 0.6 is 0 Å². The van der Waals surface area contributed by atoms with Crippen LogP contribution in [0.4, 0.5) is 4.39 Å². The first-order valence-electron chi connectivity index (χ1n) is 5.35. The number of aromatic nitrogens is 2. The summed E-state index contributed by atoms with van der Waals surface area (Å²) in [6.45, 7) is -0.200. The van der Waals surface area contributed by atoms with Crippen molar-refractivity contribution in [1.29, 1.82) is 0 Å². The molecule has 1 aromatic heterocycles. The molecule has 0 saturated heterocycles. The van der Waals surface area contributed by atoms with Gasteiger partial charge in [0.2, 0.25) is 5.88 Å². The van der Waals surface area contributed by atoms with Gasteiger partial charge in [-0.25, -0.2) is 9.18 Å². The monoisotopic (exact) mass is 266 g/mol. The van der Waals surface area contributed by atoms with Gasteiger partial charge in [0.15, 0.2) is 0 Å². The Balaban J connectivity index is 2.21. The van der Waals surface area contributed by atoms with Crippen molar-refractivity contribution in [2.24, 2.45) is 0 Å². The standard InChI is InChI=1S/C12H11FN2O4/c1-18-12(16)8-3-2-4-10(13)9(8)7-19-11-5-6-15(17)14-11/h2-6,17H,7H2,1H3. The quantitative estimate of drug-likeness (QED) is 0.672. The Labute approximate surface area is 107 Å². The van der Waals surface area contributed by atoms with Gasteiger partial charge in [0.05, 0.1) is 18.9 Å². The smallest absolute Gasteiger partial charge is 0.338 e. The highest BCUT2D eigenvalue weighted by Gasteiger charge is 2.16. The summed E-state index contributed by atoms with van der Waals surface area (Å²) >= 11 is 0. The SMILES string of the molecule is COC(=O)c1cccc(F)c1COc1ccn(O)n1. The predicted octanol–water partition coefficient (Wildman–Crippen LogP) is 1.63. The number of esters is 1. The Morgan fingerprint density at radius 3 is 2.89 bits per heavy atom. The van der Waals surface area contributed by atoms with E-state index in [-0.39, 0.29) is 23.6 Å². The molecule has 1 heterocycles. The molecule has 0 aliphatic carbocycles. The molecule has 0 unspecified atom stereocenters. The van der Waals surface area contributed by atoms with Gasteiger partial charge in [0, 0.05) is 11.6 Å². The zero-order valence-electron chi connectivity index (χ0n) is 10.0. The molecule has 0 bridgehead atoms. The summed E-state index contributed by atoms with van der Waals surface area (Å²) in [5.74, 6) is -1.11. The number of ether oxygens (including phenoxy) is 2. The van der Waals surface area contributed by atoms with Gasteiger partial charge in [-0.15, -0.1) is 4.85 Å². The Hall–Kier alpha value is -2.57. The highest BCUT2D eigenvalue weighted by Crippen LogP contribution is 2.17. The van der Waals surface area contributed by atoms with Crippen LogP contribution in [0.1, 0.15) is 15.9 Å². The van der Waals surface area contributed by atoms with Crippen LogP contribution in [-0.2, 0) is 11.3 Å². The third-order valence-corrected chi connectivity index (χ3v) is 2.44. The maximum absolute atomic E-state index is 13.7. The molecule has 0 radical (unpaired) electrons. The number of methoxy groups -OCH3 is 1. The van der Waals surface area contributed by atoms with E-state index in [4.69, 9.17) is 9.94 Å². The van der Waals surface area contributed by atoms with Crippen LogP contribution in [0.2, 0.25) is 0 Å². The van der Waals surface area contributed by atoms with Crippen LogP contribution < -0.4 is 4.74 Å². The van der Waals surface area contributed by atoms with Gasteiger partial charge in [0.25, 0.3) is 0 Å². The lowest BCUT2D eigenvalue weighted by Crippen LogP contribution is -2.10. The molecule has 1 N–H and O–H groups in total. The van der Waals surface area contributed by atoms with Crippen molar-refractivity contribution < 1.29 is 23.9 Å². The molecule has 0 spiro atoms. The largest absolute Gasteiger partial charge is 0.472 e. The second-order valence-corrected chi connectivity index (χ2v) is 3.62. The molecule has 0 amide bonds. The van der Waals surface area contributed by atoms with Crippen LogP contribution in [0.3, 0.4) is 0 Å². The van der Waals surface area contributed by atoms with Crippen LogP contribution in [-0.4, -0.2) is 28.2 Å². The number of hydrogen-bond donors (Lipinski definition) is 1. The minimum atomic E-state index is -0.647. The van der Waals surface area contributed by atoms with Gasteiger partial charge in [-0.2, -0.15) is 0 Å². The van der Waals surface area contributed by atoms with Crippen LogP contribution in [0.25, 0.3) is 0 Å². The van der Waals surface area contributed by atoms with E-state index in [0.29, 0.717) is 4.85 Å². The normalized spacial score (nSPS) is 10.2. The minimum absolute atomic E-state index is 0.0711. The number of rotatable bonds is 4. The summed E-state index contributed by atoms with van der Waals surface area (Å²) in [5, 5.41) is 12.5. The van der Waals surface area contributed by atoms with E-state index < -0.39 is 11.8 Å². The van der Waals surface area contributed by atoms with Crippen molar-refractivity contribution in [2.45, 2.75) is 6.61 Å². The molecule has 2 aromatic rings. The van der Waals surface area contributed by atoms with Gasteiger partial charge < -0.3 is 14.7 Å². The third-order valence-electron chi connectivity index (χ3n) is 2.44. The topological polar surface area (TPSA) is 73.6 Å². The third kappa shape index (κ3) is 2.82. The predicted molar refractivity (Wildman–Crippen MR) is 61.5 cm³/mol. The van der Waals surface area contributed by atoms with Crippen molar-refractivity contribution in [3.8, 4) is 5.88 Å². The van der Waals surface area contributed by atoms with Gasteiger partial charge in [-0.05, 0) is 12.1 Å². The lowest BCUT2D eigenvalue weighted by atomic mass is 10.1. The zero-order chi connectivity index (χ0) is 13.8. The maximum Gasteiger partial charge on any atom is 0.338 e. The van der Waals surface area contributed by atoms with Crippen LogP contribution in [0.5, 0.6) is 5.88 Å². The van der Waals surface area contributed by atoms with E-state index in [1.165, 1.54) is 37.6 Å². The van der Waals surface area contributed by atoms with Crippen molar-refractivity contribution in [2.75, 3.05) is 7.11 Å². The van der Waals surface area contributed by atoms with Gasteiger partial charge in [0.1, 0.15) is 12.4 Å². The first kappa shape index (κ1) is 12.9. The van der Waals surface area contributed by atoms with E-state index >= 15 is 0 Å². The van der Waals surface area contributed by atoms with Gasteiger partial charge >= 0.3 is 5.97 Å². The summed E-state index contributed by atoms with van der Waals surface area (Å²) in [6, 6.07) is 5.47. The number of hydrogen-bond acceptors (Lipinski definition) is 5. The number of nitrogens with zero attached hydrogens (tertiary/aromatic N) is 2. The van der Waals surface area contributed by atoms with Crippen molar-refractivity contribution in [3.63, 3.8) is 0 Å². The molecule has 2 rings (SSSR count). The van der Waals surface area contributed by atoms with Crippen LogP contribution in [0.15, 0.2) is 30.5 Å². The first-order valence-corrected chi connectivity index (χ1v) is 5.35. The van der Waals surface area contributed by atoms with E-state index in [2.05, 4.69) is 9.84 Å². The Bertz CT molecular complexity index is 597. The number of carbonyl (C=O) groups excluding carboxylic acids is 1. The maximum atomic E-state index is 13.7. The molecular weight excluding hydrogens is 255 g/mol. The fourth-order valence-electron chi connectivity index (χ4n) is 1.53. The molecule has 7 heteroatoms. The first-order chi connectivity index (χ1) is 9.11. The Morgan fingerprint density at radius 1 is 1.47 bits per heavy atom. The molecule has 100 valence electrons. The summed E-state index contributed by atoms with van der Waals surface area (Å²) in [7, 11) is 1.21. The second kappa shape index (κ2) is 5.38. The molecule has 0 atom stereocenters. The van der Waals surface area contributed by atoms with E-state index in [1.807, 2.05) is 0 Å². The molecule has 0 fully saturated rings. The highest BCUT2D eigenvalue weighted by molar-refractivity contribution is 5.91. The van der Waals surface area contributed by atoms with Crippen molar-refractivity contribution >= 4 is 5.97 Å². The van der Waals surface area contributed by atoms with E-state index in [1.54, 1.807) is 0 Å². The molecule has 6 nitrogen and oxygen atoms in total. The summed E-state index contributed by atoms with van der Waals surface area (Å²) in [6.07, 6.45) is 1.26. The molecular formula is C12H11FN2O4. The Morgan fingerprint density at radius 2 is 2.26 bits per heavy atom. The van der Waals surface area contributed by atoms with Crippen molar-refractivity contribution in [3.05, 3.63) is 47.4 Å². The number of carbonyl (C=O) groups is 1. The molecule has 19 heavy (non-hydrogen) atoms. The summed E-state index contributed by atoms with van der Waals surface area (Å²) < 4.78 is 23.4. The number of halogens is 1. The summed E-state index contributed by atoms with van der Waals surface area (Å²) in [5.41, 5.74) is 0.160. The molecule has 0 saturated carbocycles. The second-order valence-electron chi connectivity index (χ2n) is 3.62. The van der Waals surface area contributed by atoms with Gasteiger partial charge in [-0.3, -0.25) is 0 Å². The lowest BCUT2D eigenvalue weighted by molar-refractivity contribution is 0.0596. The van der Waals surface area contributed by atoms with Crippen LogP contribution in [0, 0.1) is 5.82 Å². The lowest BCUT2D eigenvalue weighted by Gasteiger charge is -2.09.